The Balaban J connectivity index is 1.38. The van der Waals surface area contributed by atoms with Crippen molar-refractivity contribution in [3.05, 3.63) is 59.8 Å². The van der Waals surface area contributed by atoms with Crippen LogP contribution in [0.15, 0.2) is 48.7 Å². The third kappa shape index (κ3) is 4.37. The number of hydrogen-bond acceptors (Lipinski definition) is 3. The lowest BCUT2D eigenvalue weighted by molar-refractivity contribution is -0.137. The number of ether oxygens (including phenoxy) is 2. The van der Waals surface area contributed by atoms with Gasteiger partial charge in [0.25, 0.3) is 0 Å². The first-order valence-electron chi connectivity index (χ1n) is 9.19. The topological polar surface area (TPSA) is 63.4 Å². The van der Waals surface area contributed by atoms with Crippen LogP contribution in [0.2, 0.25) is 0 Å². The van der Waals surface area contributed by atoms with Gasteiger partial charge >= 0.3 is 6.18 Å². The van der Waals surface area contributed by atoms with Crippen molar-refractivity contribution in [3.63, 3.8) is 0 Å². The predicted molar refractivity (Wildman–Crippen MR) is 102 cm³/mol. The summed E-state index contributed by atoms with van der Waals surface area (Å²) in [6, 6.07) is 10.5. The molecule has 1 aliphatic rings. The minimum Gasteiger partial charge on any atom is -0.493 e. The molecule has 4 rings (SSSR count). The number of aromatic amines is 1. The summed E-state index contributed by atoms with van der Waals surface area (Å²) in [4.78, 5) is 15.3. The van der Waals surface area contributed by atoms with Crippen LogP contribution in [0.3, 0.4) is 0 Å². The van der Waals surface area contributed by atoms with Gasteiger partial charge in [0.2, 0.25) is 5.91 Å². The van der Waals surface area contributed by atoms with E-state index in [1.54, 1.807) is 6.20 Å². The standard InChI is InChI=1S/C21H19F3N2O3/c22-21(23,24)15-2-4-16(5-3-15)29-8-7-13-1-6-18-17(9-13)19(10-25-18)26-20(27)14-11-28-12-14/h1-6,9-10,14,25H,7-8,11-12H2,(H,26,27). The second-order valence-corrected chi connectivity index (χ2v) is 6.93. The summed E-state index contributed by atoms with van der Waals surface area (Å²) in [7, 11) is 0. The van der Waals surface area contributed by atoms with Crippen LogP contribution in [-0.4, -0.2) is 30.7 Å². The molecular formula is C21H19F3N2O3. The zero-order chi connectivity index (χ0) is 20.4. The molecule has 0 atom stereocenters. The SMILES string of the molecule is O=C(Nc1c[nH]c2ccc(CCOc3ccc(C(F)(F)F)cc3)cc12)C1COC1. The van der Waals surface area contributed by atoms with Crippen molar-refractivity contribution in [2.24, 2.45) is 5.92 Å². The molecule has 3 aromatic rings. The minimum atomic E-state index is -4.36. The van der Waals surface area contributed by atoms with Crippen molar-refractivity contribution in [2.75, 3.05) is 25.1 Å². The van der Waals surface area contributed by atoms with Gasteiger partial charge in [-0.2, -0.15) is 13.2 Å². The molecule has 8 heteroatoms. The quantitative estimate of drug-likeness (QED) is 0.640. The normalized spacial score (nSPS) is 14.6. The molecule has 152 valence electrons. The molecule has 0 radical (unpaired) electrons. The van der Waals surface area contributed by atoms with E-state index in [4.69, 9.17) is 9.47 Å². The van der Waals surface area contributed by atoms with Crippen LogP contribution in [0, 0.1) is 5.92 Å². The van der Waals surface area contributed by atoms with Gasteiger partial charge in [-0.3, -0.25) is 4.79 Å². The number of fused-ring (bicyclic) bond motifs is 1. The van der Waals surface area contributed by atoms with E-state index < -0.39 is 11.7 Å². The Bertz CT molecular complexity index is 1010. The maximum absolute atomic E-state index is 12.6. The van der Waals surface area contributed by atoms with Crippen LogP contribution in [0.25, 0.3) is 10.9 Å². The van der Waals surface area contributed by atoms with E-state index in [0.29, 0.717) is 37.7 Å². The number of hydrogen-bond donors (Lipinski definition) is 2. The fourth-order valence-corrected chi connectivity index (χ4v) is 3.08. The molecule has 29 heavy (non-hydrogen) atoms. The van der Waals surface area contributed by atoms with Gasteiger partial charge in [-0.15, -0.1) is 0 Å². The van der Waals surface area contributed by atoms with E-state index in [9.17, 15) is 18.0 Å². The van der Waals surface area contributed by atoms with E-state index in [1.807, 2.05) is 18.2 Å². The molecule has 2 N–H and O–H groups in total. The highest BCUT2D eigenvalue weighted by atomic mass is 19.4. The Morgan fingerprint density at radius 3 is 2.59 bits per heavy atom. The van der Waals surface area contributed by atoms with Crippen LogP contribution in [0.1, 0.15) is 11.1 Å². The number of alkyl halides is 3. The number of carbonyl (C=O) groups is 1. The lowest BCUT2D eigenvalue weighted by atomic mass is 10.1. The molecule has 0 unspecified atom stereocenters. The first kappa shape index (κ1) is 19.3. The molecular weight excluding hydrogens is 385 g/mol. The summed E-state index contributed by atoms with van der Waals surface area (Å²) in [5.41, 5.74) is 1.90. The van der Waals surface area contributed by atoms with Gasteiger partial charge in [0.15, 0.2) is 0 Å². The summed E-state index contributed by atoms with van der Waals surface area (Å²) >= 11 is 0. The summed E-state index contributed by atoms with van der Waals surface area (Å²) < 4.78 is 48.4. The van der Waals surface area contributed by atoms with Crippen molar-refractivity contribution in [2.45, 2.75) is 12.6 Å². The Kier molecular flexibility index (Phi) is 5.19. The number of nitrogens with one attached hydrogen (secondary N) is 2. The number of carbonyl (C=O) groups excluding carboxylic acids is 1. The largest absolute Gasteiger partial charge is 0.493 e. The first-order chi connectivity index (χ1) is 13.9. The third-order valence-corrected chi connectivity index (χ3v) is 4.85. The average Bonchev–Trinajstić information content (AvgIpc) is 3.02. The number of rotatable bonds is 6. The van der Waals surface area contributed by atoms with Crippen LogP contribution in [0.5, 0.6) is 5.75 Å². The van der Waals surface area contributed by atoms with Crippen LogP contribution in [-0.2, 0) is 22.1 Å². The van der Waals surface area contributed by atoms with Gasteiger partial charge in [-0.05, 0) is 42.0 Å². The van der Waals surface area contributed by atoms with Gasteiger partial charge in [0.1, 0.15) is 5.75 Å². The van der Waals surface area contributed by atoms with Crippen molar-refractivity contribution in [1.29, 1.82) is 0 Å². The molecule has 1 amide bonds. The molecule has 0 aliphatic carbocycles. The van der Waals surface area contributed by atoms with Gasteiger partial charge in [0, 0.05) is 23.5 Å². The molecule has 1 aliphatic heterocycles. The van der Waals surface area contributed by atoms with Crippen molar-refractivity contribution >= 4 is 22.5 Å². The zero-order valence-corrected chi connectivity index (χ0v) is 15.4. The maximum Gasteiger partial charge on any atom is 0.416 e. The molecule has 2 heterocycles. The highest BCUT2D eigenvalue weighted by molar-refractivity contribution is 6.02. The van der Waals surface area contributed by atoms with E-state index in [1.165, 1.54) is 12.1 Å². The maximum atomic E-state index is 12.6. The van der Waals surface area contributed by atoms with Gasteiger partial charge in [-0.1, -0.05) is 6.07 Å². The van der Waals surface area contributed by atoms with Gasteiger partial charge in [-0.25, -0.2) is 0 Å². The summed E-state index contributed by atoms with van der Waals surface area (Å²) in [6.07, 6.45) is -2.03. The van der Waals surface area contributed by atoms with Crippen LogP contribution in [0.4, 0.5) is 18.9 Å². The smallest absolute Gasteiger partial charge is 0.416 e. The Labute approximate surface area is 164 Å². The monoisotopic (exact) mass is 404 g/mol. The number of aromatic nitrogens is 1. The van der Waals surface area contributed by atoms with E-state index in [-0.39, 0.29) is 11.8 Å². The van der Waals surface area contributed by atoms with E-state index in [0.717, 1.165) is 28.6 Å². The molecule has 1 saturated heterocycles. The number of halogens is 3. The number of amides is 1. The average molecular weight is 404 g/mol. The molecule has 1 fully saturated rings. The summed E-state index contributed by atoms with van der Waals surface area (Å²) in [5.74, 6) is 0.213. The third-order valence-electron chi connectivity index (χ3n) is 4.85. The van der Waals surface area contributed by atoms with Crippen LogP contribution < -0.4 is 10.1 Å². The number of anilines is 1. The Morgan fingerprint density at radius 2 is 1.93 bits per heavy atom. The van der Waals surface area contributed by atoms with E-state index >= 15 is 0 Å². The van der Waals surface area contributed by atoms with Gasteiger partial charge in [0.05, 0.1) is 37.0 Å². The highest BCUT2D eigenvalue weighted by Gasteiger charge is 2.30. The molecule has 0 spiro atoms. The zero-order valence-electron chi connectivity index (χ0n) is 15.4. The lowest BCUT2D eigenvalue weighted by Crippen LogP contribution is -2.38. The minimum absolute atomic E-state index is 0.0619. The molecule has 0 saturated carbocycles. The van der Waals surface area contributed by atoms with Gasteiger partial charge < -0.3 is 19.8 Å². The van der Waals surface area contributed by atoms with Crippen LogP contribution >= 0.6 is 0 Å². The number of H-pyrrole nitrogens is 1. The Hall–Kier alpha value is -3.00. The molecule has 2 aromatic carbocycles. The van der Waals surface area contributed by atoms with Crippen molar-refractivity contribution in [1.82, 2.24) is 4.98 Å². The highest BCUT2D eigenvalue weighted by Crippen LogP contribution is 2.30. The fourth-order valence-electron chi connectivity index (χ4n) is 3.08. The second kappa shape index (κ2) is 7.79. The molecule has 5 nitrogen and oxygen atoms in total. The Morgan fingerprint density at radius 1 is 1.17 bits per heavy atom. The summed E-state index contributed by atoms with van der Waals surface area (Å²) in [5, 5.41) is 3.81. The first-order valence-corrected chi connectivity index (χ1v) is 9.19. The molecule has 0 bridgehead atoms. The second-order valence-electron chi connectivity index (χ2n) is 6.93. The summed E-state index contributed by atoms with van der Waals surface area (Å²) in [6.45, 7) is 1.21. The fraction of sp³-hybridized carbons (Fsp3) is 0.286. The lowest BCUT2D eigenvalue weighted by Gasteiger charge is -2.24. The van der Waals surface area contributed by atoms with Crippen molar-refractivity contribution in [3.8, 4) is 5.75 Å². The number of benzene rings is 2. The van der Waals surface area contributed by atoms with E-state index in [2.05, 4.69) is 10.3 Å². The van der Waals surface area contributed by atoms with Crippen molar-refractivity contribution < 1.29 is 27.4 Å². The molecule has 1 aromatic heterocycles. The predicted octanol–water partition coefficient (Wildman–Crippen LogP) is 4.39.